The molecule has 1 saturated carbocycles. The first-order valence-electron chi connectivity index (χ1n) is 9.05. The highest BCUT2D eigenvalue weighted by Gasteiger charge is 2.48. The van der Waals surface area contributed by atoms with Gasteiger partial charge in [-0.05, 0) is 39.5 Å². The van der Waals surface area contributed by atoms with Gasteiger partial charge in [0.25, 0.3) is 5.91 Å². The molecule has 1 spiro atoms. The molecule has 6 nitrogen and oxygen atoms in total. The van der Waals surface area contributed by atoms with Gasteiger partial charge >= 0.3 is 0 Å². The molecule has 1 aromatic rings. The second-order valence-electron chi connectivity index (χ2n) is 8.01. The lowest BCUT2D eigenvalue weighted by Crippen LogP contribution is -2.54. The predicted molar refractivity (Wildman–Crippen MR) is 89.8 cm³/mol. The summed E-state index contributed by atoms with van der Waals surface area (Å²) in [6, 6.07) is 0.238. The molecule has 1 aromatic heterocycles. The number of rotatable bonds is 2. The van der Waals surface area contributed by atoms with E-state index >= 15 is 0 Å². The lowest BCUT2D eigenvalue weighted by Gasteiger charge is -2.45. The zero-order chi connectivity index (χ0) is 17.1. The average Bonchev–Trinajstić information content (AvgIpc) is 3.30. The standard InChI is InChI=1S/C18H26N4O2/c1-12(2)22-10-14-15(19-22)18(11-20(3)17(14)24)6-8-21(9-7-18)16(23)13-4-5-13/h10,12-13H,4-9,11H2,1-3H3. The van der Waals surface area contributed by atoms with Gasteiger partial charge in [0.05, 0.1) is 11.3 Å². The molecule has 2 aliphatic heterocycles. The summed E-state index contributed by atoms with van der Waals surface area (Å²) in [4.78, 5) is 28.7. The van der Waals surface area contributed by atoms with Crippen LogP contribution in [0.4, 0.5) is 0 Å². The first-order valence-corrected chi connectivity index (χ1v) is 9.05. The van der Waals surface area contributed by atoms with Gasteiger partial charge in [-0.2, -0.15) is 5.10 Å². The molecule has 3 heterocycles. The number of aromatic nitrogens is 2. The SMILES string of the molecule is CC(C)n1cc2c(n1)C1(CCN(C(=O)C3CC3)CC1)CN(C)C2=O. The molecule has 2 fully saturated rings. The Bertz CT molecular complexity index is 681. The van der Waals surface area contributed by atoms with Crippen LogP contribution in [0, 0.1) is 5.92 Å². The fourth-order valence-electron chi connectivity index (χ4n) is 4.15. The molecule has 6 heteroatoms. The topological polar surface area (TPSA) is 58.4 Å². The van der Waals surface area contributed by atoms with E-state index in [-0.39, 0.29) is 23.3 Å². The Hall–Kier alpha value is -1.85. The monoisotopic (exact) mass is 330 g/mol. The van der Waals surface area contributed by atoms with Crippen molar-refractivity contribution in [2.45, 2.75) is 51.0 Å². The largest absolute Gasteiger partial charge is 0.342 e. The normalized spacial score (nSPS) is 23.1. The Kier molecular flexibility index (Phi) is 3.48. The Morgan fingerprint density at radius 3 is 2.54 bits per heavy atom. The van der Waals surface area contributed by atoms with Crippen molar-refractivity contribution in [3.05, 3.63) is 17.5 Å². The van der Waals surface area contributed by atoms with Crippen LogP contribution in [0.5, 0.6) is 0 Å². The summed E-state index contributed by atoms with van der Waals surface area (Å²) in [7, 11) is 1.88. The number of piperidine rings is 1. The number of nitrogens with zero attached hydrogens (tertiary/aromatic N) is 4. The van der Waals surface area contributed by atoms with Crippen molar-refractivity contribution in [3.8, 4) is 0 Å². The van der Waals surface area contributed by atoms with E-state index in [1.54, 1.807) is 0 Å². The minimum Gasteiger partial charge on any atom is -0.342 e. The molecule has 0 bridgehead atoms. The number of hydrogen-bond donors (Lipinski definition) is 0. The van der Waals surface area contributed by atoms with Crippen molar-refractivity contribution in [1.82, 2.24) is 19.6 Å². The minimum atomic E-state index is -0.0987. The summed E-state index contributed by atoms with van der Waals surface area (Å²) >= 11 is 0. The van der Waals surface area contributed by atoms with Gasteiger partial charge in [0.1, 0.15) is 0 Å². The van der Waals surface area contributed by atoms with Crippen LogP contribution in [0.15, 0.2) is 6.20 Å². The van der Waals surface area contributed by atoms with Gasteiger partial charge in [0.15, 0.2) is 0 Å². The van der Waals surface area contributed by atoms with Crippen LogP contribution in [0.1, 0.15) is 61.6 Å². The predicted octanol–water partition coefficient (Wildman–Crippen LogP) is 1.82. The molecule has 3 aliphatic rings. The van der Waals surface area contributed by atoms with Crippen LogP contribution in [0.25, 0.3) is 0 Å². The third kappa shape index (κ3) is 2.34. The summed E-state index contributed by atoms with van der Waals surface area (Å²) in [5, 5.41) is 4.80. The molecule has 1 saturated heterocycles. The van der Waals surface area contributed by atoms with Crippen molar-refractivity contribution in [1.29, 1.82) is 0 Å². The van der Waals surface area contributed by atoms with E-state index in [9.17, 15) is 9.59 Å². The van der Waals surface area contributed by atoms with Gasteiger partial charge in [0, 0.05) is 50.3 Å². The molecule has 4 rings (SSSR count). The fraction of sp³-hybridized carbons (Fsp3) is 0.722. The summed E-state index contributed by atoms with van der Waals surface area (Å²) in [5.74, 6) is 0.683. The first-order chi connectivity index (χ1) is 11.4. The number of likely N-dealkylation sites (N-methyl/N-ethyl adjacent to an activating group) is 1. The van der Waals surface area contributed by atoms with E-state index in [1.807, 2.05) is 27.7 Å². The summed E-state index contributed by atoms with van der Waals surface area (Å²) in [5.41, 5.74) is 1.61. The van der Waals surface area contributed by atoms with Crippen LogP contribution in [0.3, 0.4) is 0 Å². The van der Waals surface area contributed by atoms with Gasteiger partial charge in [-0.1, -0.05) is 0 Å². The summed E-state index contributed by atoms with van der Waals surface area (Å²) in [6.07, 6.45) is 5.80. The van der Waals surface area contributed by atoms with Crippen LogP contribution < -0.4 is 0 Å². The van der Waals surface area contributed by atoms with Crippen molar-refractivity contribution in [2.24, 2.45) is 5.92 Å². The van der Waals surface area contributed by atoms with E-state index < -0.39 is 0 Å². The van der Waals surface area contributed by atoms with Crippen LogP contribution in [-0.2, 0) is 10.2 Å². The van der Waals surface area contributed by atoms with Crippen molar-refractivity contribution in [3.63, 3.8) is 0 Å². The van der Waals surface area contributed by atoms with E-state index in [0.29, 0.717) is 12.5 Å². The zero-order valence-corrected chi connectivity index (χ0v) is 14.8. The average molecular weight is 330 g/mol. The van der Waals surface area contributed by atoms with E-state index in [4.69, 9.17) is 5.10 Å². The number of likely N-dealkylation sites (tertiary alicyclic amines) is 1. The Labute approximate surface area is 142 Å². The number of carbonyl (C=O) groups excluding carboxylic acids is 2. The number of carbonyl (C=O) groups is 2. The molecular weight excluding hydrogens is 304 g/mol. The van der Waals surface area contributed by atoms with Gasteiger partial charge in [-0.25, -0.2) is 0 Å². The number of amides is 2. The van der Waals surface area contributed by atoms with Gasteiger partial charge in [-0.15, -0.1) is 0 Å². The van der Waals surface area contributed by atoms with Crippen LogP contribution in [-0.4, -0.2) is 58.1 Å². The van der Waals surface area contributed by atoms with Crippen molar-refractivity contribution >= 4 is 11.8 Å². The molecule has 130 valence electrons. The Morgan fingerprint density at radius 2 is 1.96 bits per heavy atom. The van der Waals surface area contributed by atoms with E-state index in [1.165, 1.54) is 0 Å². The summed E-state index contributed by atoms with van der Waals surface area (Å²) < 4.78 is 1.91. The molecule has 0 radical (unpaired) electrons. The van der Waals surface area contributed by atoms with Gasteiger partial charge in [0.2, 0.25) is 5.91 Å². The highest BCUT2D eigenvalue weighted by atomic mass is 16.2. The second-order valence-corrected chi connectivity index (χ2v) is 8.01. The van der Waals surface area contributed by atoms with Crippen molar-refractivity contribution < 1.29 is 9.59 Å². The number of fused-ring (bicyclic) bond motifs is 2. The zero-order valence-electron chi connectivity index (χ0n) is 14.8. The molecule has 2 amide bonds. The smallest absolute Gasteiger partial charge is 0.257 e. The molecule has 0 unspecified atom stereocenters. The highest BCUT2D eigenvalue weighted by molar-refractivity contribution is 5.96. The maximum Gasteiger partial charge on any atom is 0.257 e. The highest BCUT2D eigenvalue weighted by Crippen LogP contribution is 2.42. The fourth-order valence-corrected chi connectivity index (χ4v) is 4.15. The van der Waals surface area contributed by atoms with E-state index in [0.717, 1.165) is 50.0 Å². The Morgan fingerprint density at radius 1 is 1.29 bits per heavy atom. The molecule has 0 aromatic carbocycles. The van der Waals surface area contributed by atoms with Crippen LogP contribution >= 0.6 is 0 Å². The molecule has 0 N–H and O–H groups in total. The molecule has 0 atom stereocenters. The lowest BCUT2D eigenvalue weighted by molar-refractivity contribution is -0.134. The minimum absolute atomic E-state index is 0.0685. The van der Waals surface area contributed by atoms with E-state index in [2.05, 4.69) is 13.8 Å². The Balaban J connectivity index is 1.63. The first kappa shape index (κ1) is 15.7. The maximum absolute atomic E-state index is 12.6. The molecule has 1 aliphatic carbocycles. The summed E-state index contributed by atoms with van der Waals surface area (Å²) in [6.45, 7) is 6.43. The molecular formula is C18H26N4O2. The quantitative estimate of drug-likeness (QED) is 0.831. The van der Waals surface area contributed by atoms with Crippen LogP contribution in [0.2, 0.25) is 0 Å². The number of hydrogen-bond acceptors (Lipinski definition) is 3. The van der Waals surface area contributed by atoms with Gasteiger partial charge in [-0.3, -0.25) is 14.3 Å². The van der Waals surface area contributed by atoms with Crippen molar-refractivity contribution in [2.75, 3.05) is 26.7 Å². The maximum atomic E-state index is 12.6. The third-order valence-corrected chi connectivity index (χ3v) is 5.84. The second kappa shape index (κ2) is 5.33. The molecule has 24 heavy (non-hydrogen) atoms. The van der Waals surface area contributed by atoms with Gasteiger partial charge < -0.3 is 9.80 Å². The third-order valence-electron chi connectivity index (χ3n) is 5.84. The lowest BCUT2D eigenvalue weighted by atomic mass is 9.72.